The lowest BCUT2D eigenvalue weighted by atomic mass is 9.92. The van der Waals surface area contributed by atoms with Gasteiger partial charge in [-0.3, -0.25) is 4.90 Å². The van der Waals surface area contributed by atoms with Gasteiger partial charge in [0.1, 0.15) is 6.10 Å². The van der Waals surface area contributed by atoms with Crippen LogP contribution in [-0.4, -0.2) is 23.0 Å². The van der Waals surface area contributed by atoms with Gasteiger partial charge in [-0.15, -0.1) is 0 Å². The van der Waals surface area contributed by atoms with Gasteiger partial charge in [-0.25, -0.2) is 4.79 Å². The van der Waals surface area contributed by atoms with Crippen LogP contribution in [0.1, 0.15) is 31.4 Å². The Morgan fingerprint density at radius 2 is 1.50 bits per heavy atom. The third-order valence-corrected chi connectivity index (χ3v) is 4.83. The number of hydrogen-bond acceptors (Lipinski definition) is 3. The van der Waals surface area contributed by atoms with E-state index in [1.54, 1.807) is 0 Å². The van der Waals surface area contributed by atoms with Gasteiger partial charge in [-0.1, -0.05) is 80.6 Å². The molecule has 1 heterocycles. The summed E-state index contributed by atoms with van der Waals surface area (Å²) in [5.74, 6) is 0.137. The molecule has 0 fully saturated rings. The van der Waals surface area contributed by atoms with Crippen molar-refractivity contribution < 1.29 is 9.53 Å². The Morgan fingerprint density at radius 1 is 0.962 bits per heavy atom. The highest BCUT2D eigenvalue weighted by Gasteiger charge is 2.33. The van der Waals surface area contributed by atoms with Gasteiger partial charge in [0.2, 0.25) is 0 Å². The van der Waals surface area contributed by atoms with Crippen LogP contribution in [0.15, 0.2) is 72.8 Å². The minimum atomic E-state index is -0.230. The van der Waals surface area contributed by atoms with E-state index in [2.05, 4.69) is 67.3 Å². The second kappa shape index (κ2) is 8.81. The van der Waals surface area contributed by atoms with Crippen LogP contribution in [-0.2, 0) is 22.6 Å². The number of hydrogen-bond donors (Lipinski definition) is 0. The quantitative estimate of drug-likeness (QED) is 0.685. The standard InChI is InChI=1S/C23H27NO2/c1-18(2)23(21-14-9-15-22(25)26-21)24(16-19-10-5-3-6-11-19)17-20-12-7-4-8-13-20/h3-13,15,18,21,23H,14,16-17H2,1-2H3/t21?,23-/m0/s1. The predicted molar refractivity (Wildman–Crippen MR) is 104 cm³/mol. The van der Waals surface area contributed by atoms with Crippen LogP contribution in [0.2, 0.25) is 0 Å². The molecule has 1 aliphatic heterocycles. The van der Waals surface area contributed by atoms with Crippen molar-refractivity contribution in [3.05, 3.63) is 83.9 Å². The SMILES string of the molecule is CC(C)[C@@H](C1CC=CC(=O)O1)N(Cc1ccccc1)Cc1ccccc1. The molecule has 3 heteroatoms. The second-order valence-corrected chi connectivity index (χ2v) is 7.22. The van der Waals surface area contributed by atoms with E-state index in [1.165, 1.54) is 17.2 Å². The smallest absolute Gasteiger partial charge is 0.330 e. The maximum absolute atomic E-state index is 11.8. The molecular formula is C23H27NO2. The first-order valence-electron chi connectivity index (χ1n) is 9.32. The van der Waals surface area contributed by atoms with Crippen molar-refractivity contribution in [2.75, 3.05) is 0 Å². The summed E-state index contributed by atoms with van der Waals surface area (Å²) in [6.45, 7) is 6.08. The van der Waals surface area contributed by atoms with E-state index in [4.69, 9.17) is 4.74 Å². The second-order valence-electron chi connectivity index (χ2n) is 7.22. The number of nitrogens with zero attached hydrogens (tertiary/aromatic N) is 1. The van der Waals surface area contributed by atoms with E-state index in [0.717, 1.165) is 19.5 Å². The third kappa shape index (κ3) is 4.83. The summed E-state index contributed by atoms with van der Waals surface area (Å²) in [5, 5.41) is 0. The minimum absolute atomic E-state index is 0.111. The van der Waals surface area contributed by atoms with Crippen LogP contribution < -0.4 is 0 Å². The fourth-order valence-corrected chi connectivity index (χ4v) is 3.73. The Morgan fingerprint density at radius 3 is 1.96 bits per heavy atom. The van der Waals surface area contributed by atoms with Crippen LogP contribution >= 0.6 is 0 Å². The lowest BCUT2D eigenvalue weighted by Gasteiger charge is -2.39. The summed E-state index contributed by atoms with van der Waals surface area (Å²) in [5.41, 5.74) is 2.54. The molecule has 0 radical (unpaired) electrons. The van der Waals surface area contributed by atoms with E-state index in [9.17, 15) is 4.79 Å². The summed E-state index contributed by atoms with van der Waals surface area (Å²) in [6, 6.07) is 21.1. The lowest BCUT2D eigenvalue weighted by molar-refractivity contribution is -0.149. The topological polar surface area (TPSA) is 29.5 Å². The van der Waals surface area contributed by atoms with Gasteiger partial charge in [-0.2, -0.15) is 0 Å². The Kier molecular flexibility index (Phi) is 6.24. The Bertz CT molecular complexity index is 683. The first-order valence-corrected chi connectivity index (χ1v) is 9.32. The summed E-state index contributed by atoms with van der Waals surface area (Å²) in [7, 11) is 0. The monoisotopic (exact) mass is 349 g/mol. The number of benzene rings is 2. The average molecular weight is 349 g/mol. The molecule has 2 aromatic carbocycles. The predicted octanol–water partition coefficient (Wildman–Crippen LogP) is 4.59. The number of rotatable bonds is 7. The van der Waals surface area contributed by atoms with Crippen molar-refractivity contribution in [2.45, 2.75) is 45.5 Å². The summed E-state index contributed by atoms with van der Waals surface area (Å²) < 4.78 is 5.70. The number of carbonyl (C=O) groups is 1. The molecule has 1 aliphatic rings. The van der Waals surface area contributed by atoms with Crippen LogP contribution in [0.4, 0.5) is 0 Å². The Hall–Kier alpha value is -2.39. The molecule has 136 valence electrons. The molecule has 0 aliphatic carbocycles. The molecule has 0 saturated heterocycles. The largest absolute Gasteiger partial charge is 0.457 e. The van der Waals surface area contributed by atoms with Crippen LogP contribution in [0.25, 0.3) is 0 Å². The molecule has 26 heavy (non-hydrogen) atoms. The van der Waals surface area contributed by atoms with Crippen molar-refractivity contribution in [2.24, 2.45) is 5.92 Å². The molecule has 3 rings (SSSR count). The van der Waals surface area contributed by atoms with E-state index in [-0.39, 0.29) is 18.1 Å². The van der Waals surface area contributed by atoms with Gasteiger partial charge < -0.3 is 4.74 Å². The highest BCUT2D eigenvalue weighted by atomic mass is 16.5. The zero-order valence-electron chi connectivity index (χ0n) is 15.5. The summed E-state index contributed by atoms with van der Waals surface area (Å²) in [4.78, 5) is 14.3. The maximum Gasteiger partial charge on any atom is 0.330 e. The third-order valence-electron chi connectivity index (χ3n) is 4.83. The van der Waals surface area contributed by atoms with Crippen LogP contribution in [0, 0.1) is 5.92 Å². The van der Waals surface area contributed by atoms with Gasteiger partial charge in [-0.05, 0) is 17.0 Å². The molecule has 3 nitrogen and oxygen atoms in total. The van der Waals surface area contributed by atoms with Gasteiger partial charge in [0.15, 0.2) is 0 Å². The van der Waals surface area contributed by atoms with Crippen molar-refractivity contribution >= 4 is 5.97 Å². The number of ether oxygens (including phenoxy) is 1. The molecule has 1 unspecified atom stereocenters. The number of cyclic esters (lactones) is 1. The molecule has 0 N–H and O–H groups in total. The first-order chi connectivity index (χ1) is 12.6. The molecule has 0 aromatic heterocycles. The zero-order valence-corrected chi connectivity index (χ0v) is 15.5. The first kappa shape index (κ1) is 18.4. The Labute approximate surface area is 156 Å². The highest BCUT2D eigenvalue weighted by Crippen LogP contribution is 2.26. The van der Waals surface area contributed by atoms with Gasteiger partial charge in [0.05, 0.1) is 0 Å². The van der Waals surface area contributed by atoms with Gasteiger partial charge in [0.25, 0.3) is 0 Å². The molecule has 2 aromatic rings. The molecule has 0 spiro atoms. The molecule has 2 atom stereocenters. The lowest BCUT2D eigenvalue weighted by Crippen LogP contribution is -2.48. The minimum Gasteiger partial charge on any atom is -0.457 e. The molecule has 0 amide bonds. The fraction of sp³-hybridized carbons (Fsp3) is 0.348. The van der Waals surface area contributed by atoms with E-state index in [0.29, 0.717) is 5.92 Å². The number of carbonyl (C=O) groups excluding carboxylic acids is 1. The van der Waals surface area contributed by atoms with E-state index in [1.807, 2.05) is 18.2 Å². The Balaban J connectivity index is 1.88. The normalized spacial score (nSPS) is 18.2. The van der Waals surface area contributed by atoms with Crippen molar-refractivity contribution in [3.63, 3.8) is 0 Å². The molecule has 0 bridgehead atoms. The van der Waals surface area contributed by atoms with E-state index >= 15 is 0 Å². The van der Waals surface area contributed by atoms with Crippen molar-refractivity contribution in [1.82, 2.24) is 4.90 Å². The molecular weight excluding hydrogens is 322 g/mol. The zero-order chi connectivity index (χ0) is 18.4. The highest BCUT2D eigenvalue weighted by molar-refractivity contribution is 5.82. The van der Waals surface area contributed by atoms with Crippen molar-refractivity contribution in [3.8, 4) is 0 Å². The summed E-state index contributed by atoms with van der Waals surface area (Å²) in [6.07, 6.45) is 4.14. The molecule has 0 saturated carbocycles. The van der Waals surface area contributed by atoms with Gasteiger partial charge >= 0.3 is 5.97 Å². The summed E-state index contributed by atoms with van der Waals surface area (Å²) >= 11 is 0. The van der Waals surface area contributed by atoms with E-state index < -0.39 is 0 Å². The van der Waals surface area contributed by atoms with Gasteiger partial charge in [0, 0.05) is 31.6 Å². The fourth-order valence-electron chi connectivity index (χ4n) is 3.73. The van der Waals surface area contributed by atoms with Crippen LogP contribution in [0.3, 0.4) is 0 Å². The number of esters is 1. The van der Waals surface area contributed by atoms with Crippen molar-refractivity contribution in [1.29, 1.82) is 0 Å². The maximum atomic E-state index is 11.8. The average Bonchev–Trinajstić information content (AvgIpc) is 2.63. The van der Waals surface area contributed by atoms with Crippen LogP contribution in [0.5, 0.6) is 0 Å².